The van der Waals surface area contributed by atoms with Gasteiger partial charge >= 0.3 is 0 Å². The van der Waals surface area contributed by atoms with Gasteiger partial charge in [-0.2, -0.15) is 0 Å². The normalized spacial score (nSPS) is 31.1. The van der Waals surface area contributed by atoms with E-state index in [0.29, 0.717) is 24.6 Å². The number of hydrogen-bond donors (Lipinski definition) is 2. The first kappa shape index (κ1) is 23.0. The third kappa shape index (κ3) is 3.87. The summed E-state index contributed by atoms with van der Waals surface area (Å²) in [4.78, 5) is 23.1. The van der Waals surface area contributed by atoms with Gasteiger partial charge < -0.3 is 25.5 Å². The summed E-state index contributed by atoms with van der Waals surface area (Å²) in [6, 6.07) is 8.71. The monoisotopic (exact) mass is 502 g/mol. The number of amides is 1. The summed E-state index contributed by atoms with van der Waals surface area (Å²) in [5.74, 6) is 1.10. The number of nitrogens with zero attached hydrogens (tertiary/aromatic N) is 4. The number of benzene rings is 1. The average molecular weight is 503 g/mol. The number of hydrogen-bond acceptors (Lipinski definition) is 7. The molecule has 2 bridgehead atoms. The van der Waals surface area contributed by atoms with Gasteiger partial charge in [-0.05, 0) is 75.6 Å². The molecule has 0 spiro atoms. The molecule has 1 aliphatic carbocycles. The van der Waals surface area contributed by atoms with Gasteiger partial charge in [0.25, 0.3) is 0 Å². The largest absolute Gasteiger partial charge is 0.491 e. The zero-order chi connectivity index (χ0) is 25.1. The van der Waals surface area contributed by atoms with Gasteiger partial charge in [0.15, 0.2) is 0 Å². The minimum atomic E-state index is -0.205. The van der Waals surface area contributed by atoms with Crippen molar-refractivity contribution in [3.05, 3.63) is 36.8 Å². The van der Waals surface area contributed by atoms with Crippen molar-refractivity contribution in [2.24, 2.45) is 5.73 Å². The molecular formula is C28H34N6O3. The molecule has 4 aliphatic rings. The highest BCUT2D eigenvalue weighted by Crippen LogP contribution is 2.45. The summed E-state index contributed by atoms with van der Waals surface area (Å²) in [5.41, 5.74) is 14.8. The first-order chi connectivity index (χ1) is 18.0. The molecule has 37 heavy (non-hydrogen) atoms. The van der Waals surface area contributed by atoms with Gasteiger partial charge in [0, 0.05) is 23.8 Å². The molecule has 4 N–H and O–H groups in total. The van der Waals surface area contributed by atoms with Crippen molar-refractivity contribution < 1.29 is 14.3 Å². The van der Waals surface area contributed by atoms with Crippen LogP contribution in [0, 0.1) is 0 Å². The number of carbonyl (C=O) groups is 1. The summed E-state index contributed by atoms with van der Waals surface area (Å²) in [6.07, 6.45) is 12.4. The first-order valence-electron chi connectivity index (χ1n) is 13.6. The molecule has 9 nitrogen and oxygen atoms in total. The summed E-state index contributed by atoms with van der Waals surface area (Å²) in [6.45, 7) is 1.53. The van der Waals surface area contributed by atoms with E-state index < -0.39 is 0 Å². The molecule has 0 radical (unpaired) electrons. The van der Waals surface area contributed by atoms with Crippen molar-refractivity contribution in [3.8, 4) is 16.9 Å². The van der Waals surface area contributed by atoms with E-state index in [1.165, 1.54) is 6.33 Å². The zero-order valence-electron chi connectivity index (χ0n) is 21.0. The number of rotatable bonds is 7. The van der Waals surface area contributed by atoms with Crippen LogP contribution in [0.25, 0.3) is 22.2 Å². The van der Waals surface area contributed by atoms with Crippen molar-refractivity contribution in [2.75, 3.05) is 18.9 Å². The van der Waals surface area contributed by atoms with Gasteiger partial charge in [-0.15, -0.1) is 0 Å². The maximum absolute atomic E-state index is 11.9. The van der Waals surface area contributed by atoms with Crippen LogP contribution in [-0.4, -0.2) is 62.3 Å². The minimum absolute atomic E-state index is 0.113. The van der Waals surface area contributed by atoms with Gasteiger partial charge in [0.1, 0.15) is 35.7 Å². The Hall–Kier alpha value is -3.17. The first-order valence-corrected chi connectivity index (χ1v) is 13.6. The molecule has 3 aliphatic heterocycles. The molecule has 1 saturated carbocycles. The van der Waals surface area contributed by atoms with Gasteiger partial charge in [0.05, 0.1) is 17.5 Å². The van der Waals surface area contributed by atoms with E-state index in [2.05, 4.69) is 37.8 Å². The second kappa shape index (κ2) is 8.70. The Balaban J connectivity index is 1.14. The van der Waals surface area contributed by atoms with Crippen molar-refractivity contribution in [2.45, 2.75) is 81.2 Å². The zero-order valence-corrected chi connectivity index (χ0v) is 21.0. The number of fused-ring (bicyclic) bond motifs is 3. The van der Waals surface area contributed by atoms with Crippen LogP contribution in [-0.2, 0) is 9.53 Å². The lowest BCUT2D eigenvalue weighted by atomic mass is 9.84. The Kier molecular flexibility index (Phi) is 5.40. The Morgan fingerprint density at radius 1 is 1.16 bits per heavy atom. The maximum Gasteiger partial charge on any atom is 0.234 e. The van der Waals surface area contributed by atoms with Gasteiger partial charge in [-0.25, -0.2) is 9.97 Å². The van der Waals surface area contributed by atoms with Crippen LogP contribution >= 0.6 is 0 Å². The smallest absolute Gasteiger partial charge is 0.234 e. The lowest BCUT2D eigenvalue weighted by Gasteiger charge is -2.43. The van der Waals surface area contributed by atoms with E-state index in [4.69, 9.17) is 20.9 Å². The third-order valence-electron chi connectivity index (χ3n) is 9.12. The fourth-order valence-corrected chi connectivity index (χ4v) is 7.05. The Morgan fingerprint density at radius 3 is 2.76 bits per heavy atom. The quantitative estimate of drug-likeness (QED) is 0.508. The van der Waals surface area contributed by atoms with E-state index in [-0.39, 0.29) is 23.6 Å². The highest BCUT2D eigenvalue weighted by atomic mass is 16.6. The molecule has 194 valence electrons. The molecule has 5 heterocycles. The number of aromatic nitrogens is 3. The molecule has 3 aromatic rings. The molecule has 7 rings (SSSR count). The van der Waals surface area contributed by atoms with Crippen LogP contribution in [0.1, 0.15) is 57.4 Å². The molecule has 2 aromatic heterocycles. The summed E-state index contributed by atoms with van der Waals surface area (Å²) < 4.78 is 14.7. The highest BCUT2D eigenvalue weighted by molar-refractivity contribution is 6.00. The Morgan fingerprint density at radius 2 is 2.00 bits per heavy atom. The predicted molar refractivity (Wildman–Crippen MR) is 140 cm³/mol. The topological polar surface area (TPSA) is 122 Å². The summed E-state index contributed by atoms with van der Waals surface area (Å²) in [5, 5.41) is 0.871. The van der Waals surface area contributed by atoms with E-state index in [9.17, 15) is 4.79 Å². The number of primary amides is 1. The number of ether oxygens (including phenoxy) is 2. The lowest BCUT2D eigenvalue weighted by molar-refractivity contribution is -0.123. The van der Waals surface area contributed by atoms with E-state index >= 15 is 0 Å². The Bertz CT molecular complexity index is 1340. The number of nitrogens with two attached hydrogens (primary N) is 2. The van der Waals surface area contributed by atoms with Crippen LogP contribution in [0.15, 0.2) is 36.8 Å². The van der Waals surface area contributed by atoms with Crippen molar-refractivity contribution in [1.29, 1.82) is 0 Å². The number of likely N-dealkylation sites (tertiary alicyclic amines) is 1. The van der Waals surface area contributed by atoms with Crippen molar-refractivity contribution >= 4 is 22.8 Å². The molecule has 3 saturated heterocycles. The van der Waals surface area contributed by atoms with Gasteiger partial charge in [-0.1, -0.05) is 12.1 Å². The van der Waals surface area contributed by atoms with Crippen molar-refractivity contribution in [3.63, 3.8) is 0 Å². The number of carbonyl (C=O) groups excluding carboxylic acids is 1. The van der Waals surface area contributed by atoms with Gasteiger partial charge in [-0.3, -0.25) is 9.69 Å². The lowest BCUT2D eigenvalue weighted by Crippen LogP contribution is -2.51. The van der Waals surface area contributed by atoms with Gasteiger partial charge in [0.2, 0.25) is 5.91 Å². The van der Waals surface area contributed by atoms with Crippen molar-refractivity contribution in [1.82, 2.24) is 19.4 Å². The predicted octanol–water partition coefficient (Wildman–Crippen LogP) is 3.42. The number of anilines is 1. The van der Waals surface area contributed by atoms with E-state index in [1.54, 1.807) is 0 Å². The van der Waals surface area contributed by atoms with Crippen LogP contribution in [0.2, 0.25) is 0 Å². The van der Waals surface area contributed by atoms with Crippen LogP contribution in [0.5, 0.6) is 5.75 Å². The fraction of sp³-hybridized carbons (Fsp3) is 0.536. The minimum Gasteiger partial charge on any atom is -0.491 e. The van der Waals surface area contributed by atoms with E-state index in [1.807, 2.05) is 12.1 Å². The standard InChI is InChI=1S/C28H34N6O3/c29-25-24-22(17-3-1-4-21(11-17)36-15-28-8-6-20(37-28)7-9-28)14-34(27(24)32-16-31-25)19-12-18(13-19)33-10-2-5-23(33)26(30)35/h1,3-4,11,14,16,18-20,23H,2,5-10,12-13,15H2,(H2,30,35)(H2,29,31,32). The molecule has 1 atom stereocenters. The maximum atomic E-state index is 11.9. The summed E-state index contributed by atoms with van der Waals surface area (Å²) >= 11 is 0. The highest BCUT2D eigenvalue weighted by Gasteiger charge is 2.47. The molecule has 1 aromatic carbocycles. The molecule has 1 unspecified atom stereocenters. The average Bonchev–Trinajstić information content (AvgIpc) is 3.66. The molecule has 4 fully saturated rings. The Labute approximate surface area is 216 Å². The van der Waals surface area contributed by atoms with E-state index in [0.717, 1.165) is 85.8 Å². The number of nitrogen functional groups attached to an aromatic ring is 1. The third-order valence-corrected chi connectivity index (χ3v) is 9.12. The van der Waals surface area contributed by atoms with Crippen LogP contribution < -0.4 is 16.2 Å². The fourth-order valence-electron chi connectivity index (χ4n) is 7.05. The molecule has 9 heteroatoms. The summed E-state index contributed by atoms with van der Waals surface area (Å²) in [7, 11) is 0. The molecular weight excluding hydrogens is 468 g/mol. The second-order valence-corrected chi connectivity index (χ2v) is 11.3. The second-order valence-electron chi connectivity index (χ2n) is 11.3. The van der Waals surface area contributed by atoms with Crippen LogP contribution in [0.4, 0.5) is 5.82 Å². The molecule has 1 amide bonds. The van der Waals surface area contributed by atoms with Crippen LogP contribution in [0.3, 0.4) is 0 Å². The SMILES string of the molecule is NC(=O)C1CCCN1C1CC(n2cc(-c3cccc(OCC45CCC(CC4)O5)c3)c3c(N)ncnc32)C1.